The van der Waals surface area contributed by atoms with E-state index in [1.165, 1.54) is 0 Å². The van der Waals surface area contributed by atoms with Gasteiger partial charge < -0.3 is 10.5 Å². The number of anilines is 1. The van der Waals surface area contributed by atoms with Gasteiger partial charge in [0.05, 0.1) is 18.1 Å². The van der Waals surface area contributed by atoms with E-state index in [1.807, 2.05) is 38.1 Å². The smallest absolute Gasteiger partial charge is 0.0716 e. The van der Waals surface area contributed by atoms with Crippen LogP contribution in [0.1, 0.15) is 32.3 Å². The number of nitrogen functional groups attached to an aromatic ring is 1. The third-order valence-corrected chi connectivity index (χ3v) is 2.64. The van der Waals surface area contributed by atoms with Crippen molar-refractivity contribution in [2.75, 3.05) is 12.3 Å². The minimum Gasteiger partial charge on any atom is -0.399 e. The molecule has 0 heterocycles. The first kappa shape index (κ1) is 13.5. The summed E-state index contributed by atoms with van der Waals surface area (Å²) in [4.78, 5) is 0. The standard InChI is InChI=1S/C14H20N2O/c1-14(2,11-15)8-3-9-17-10-12-4-6-13(16)7-5-12/h4-7H,3,8-10,16H2,1-2H3. The predicted molar refractivity (Wildman–Crippen MR) is 69.1 cm³/mol. The van der Waals surface area contributed by atoms with Gasteiger partial charge in [0.1, 0.15) is 0 Å². The number of ether oxygens (including phenoxy) is 1. The molecule has 0 atom stereocenters. The lowest BCUT2D eigenvalue weighted by Crippen LogP contribution is -2.09. The van der Waals surface area contributed by atoms with E-state index in [2.05, 4.69) is 6.07 Å². The molecule has 0 radical (unpaired) electrons. The lowest BCUT2D eigenvalue weighted by Gasteiger charge is -2.14. The minimum atomic E-state index is -0.245. The highest BCUT2D eigenvalue weighted by molar-refractivity contribution is 5.39. The van der Waals surface area contributed by atoms with E-state index < -0.39 is 0 Å². The number of hydrogen-bond acceptors (Lipinski definition) is 3. The van der Waals surface area contributed by atoms with Gasteiger partial charge in [-0.1, -0.05) is 12.1 Å². The first-order valence-corrected chi connectivity index (χ1v) is 5.87. The first-order chi connectivity index (χ1) is 8.03. The molecule has 0 saturated carbocycles. The molecule has 0 aromatic heterocycles. The Labute approximate surface area is 103 Å². The monoisotopic (exact) mass is 232 g/mol. The Morgan fingerprint density at radius 3 is 2.53 bits per heavy atom. The van der Waals surface area contributed by atoms with Gasteiger partial charge in [-0.3, -0.25) is 0 Å². The van der Waals surface area contributed by atoms with Gasteiger partial charge in [-0.05, 0) is 44.4 Å². The lowest BCUT2D eigenvalue weighted by molar-refractivity contribution is 0.112. The molecule has 0 bridgehead atoms. The highest BCUT2D eigenvalue weighted by atomic mass is 16.5. The van der Waals surface area contributed by atoms with Crippen LogP contribution in [0.4, 0.5) is 5.69 Å². The molecule has 0 amide bonds. The molecule has 0 saturated heterocycles. The summed E-state index contributed by atoms with van der Waals surface area (Å²) >= 11 is 0. The van der Waals surface area contributed by atoms with E-state index >= 15 is 0 Å². The van der Waals surface area contributed by atoms with Crippen molar-refractivity contribution in [3.63, 3.8) is 0 Å². The van der Waals surface area contributed by atoms with Gasteiger partial charge >= 0.3 is 0 Å². The van der Waals surface area contributed by atoms with Gasteiger partial charge in [-0.15, -0.1) is 0 Å². The predicted octanol–water partition coefficient (Wildman–Crippen LogP) is 3.12. The average molecular weight is 232 g/mol. The van der Waals surface area contributed by atoms with Gasteiger partial charge in [0.2, 0.25) is 0 Å². The van der Waals surface area contributed by atoms with Crippen LogP contribution in [0, 0.1) is 16.7 Å². The van der Waals surface area contributed by atoms with Crippen molar-refractivity contribution in [3.8, 4) is 6.07 Å². The van der Waals surface area contributed by atoms with Crippen molar-refractivity contribution in [2.24, 2.45) is 5.41 Å². The summed E-state index contributed by atoms with van der Waals surface area (Å²) in [6.45, 7) is 5.20. The van der Waals surface area contributed by atoms with E-state index in [9.17, 15) is 0 Å². The average Bonchev–Trinajstić information content (AvgIpc) is 2.31. The summed E-state index contributed by atoms with van der Waals surface area (Å²) < 4.78 is 5.55. The molecule has 0 aliphatic carbocycles. The van der Waals surface area contributed by atoms with Crippen LogP contribution in [-0.2, 0) is 11.3 Å². The molecule has 1 aromatic carbocycles. The molecule has 3 heteroatoms. The largest absolute Gasteiger partial charge is 0.399 e. The third-order valence-electron chi connectivity index (χ3n) is 2.64. The van der Waals surface area contributed by atoms with Crippen molar-refractivity contribution in [1.82, 2.24) is 0 Å². The topological polar surface area (TPSA) is 59.0 Å². The molecule has 0 unspecified atom stereocenters. The molecule has 0 aliphatic heterocycles. The fourth-order valence-electron chi connectivity index (χ4n) is 1.48. The summed E-state index contributed by atoms with van der Waals surface area (Å²) in [5.74, 6) is 0. The van der Waals surface area contributed by atoms with Crippen molar-refractivity contribution < 1.29 is 4.74 Å². The highest BCUT2D eigenvalue weighted by Gasteiger charge is 2.15. The number of nitrogens with two attached hydrogens (primary N) is 1. The molecule has 92 valence electrons. The molecule has 2 N–H and O–H groups in total. The Hall–Kier alpha value is -1.53. The Bertz CT molecular complexity index is 376. The molecule has 3 nitrogen and oxygen atoms in total. The summed E-state index contributed by atoms with van der Waals surface area (Å²) in [5.41, 5.74) is 7.24. The Balaban J connectivity index is 2.17. The number of hydrogen-bond donors (Lipinski definition) is 1. The third kappa shape index (κ3) is 5.37. The SMILES string of the molecule is CC(C)(C#N)CCCOCc1ccc(N)cc1. The van der Waals surface area contributed by atoms with E-state index in [-0.39, 0.29) is 5.41 Å². The van der Waals surface area contributed by atoms with Crippen molar-refractivity contribution >= 4 is 5.69 Å². The summed E-state index contributed by atoms with van der Waals surface area (Å²) in [6, 6.07) is 9.97. The fraction of sp³-hybridized carbons (Fsp3) is 0.500. The zero-order valence-corrected chi connectivity index (χ0v) is 10.6. The number of nitrogens with zero attached hydrogens (tertiary/aromatic N) is 1. The minimum absolute atomic E-state index is 0.245. The van der Waals surface area contributed by atoms with E-state index in [0.717, 1.165) is 24.1 Å². The van der Waals surface area contributed by atoms with Gasteiger partial charge in [0.15, 0.2) is 0 Å². The highest BCUT2D eigenvalue weighted by Crippen LogP contribution is 2.20. The second kappa shape index (κ2) is 6.27. The number of rotatable bonds is 6. The molecule has 1 aromatic rings. The molecular weight excluding hydrogens is 212 g/mol. The van der Waals surface area contributed by atoms with E-state index in [1.54, 1.807) is 0 Å². The number of benzene rings is 1. The van der Waals surface area contributed by atoms with E-state index in [0.29, 0.717) is 13.2 Å². The van der Waals surface area contributed by atoms with Crippen LogP contribution in [0.3, 0.4) is 0 Å². The second-order valence-electron chi connectivity index (χ2n) is 4.89. The van der Waals surface area contributed by atoms with Crippen LogP contribution in [0.25, 0.3) is 0 Å². The Kier molecular flexibility index (Phi) is 4.99. The van der Waals surface area contributed by atoms with Crippen molar-refractivity contribution in [2.45, 2.75) is 33.3 Å². The maximum absolute atomic E-state index is 8.85. The maximum atomic E-state index is 8.85. The quantitative estimate of drug-likeness (QED) is 0.605. The zero-order valence-electron chi connectivity index (χ0n) is 10.6. The van der Waals surface area contributed by atoms with Gasteiger partial charge in [-0.25, -0.2) is 0 Å². The lowest BCUT2D eigenvalue weighted by atomic mass is 9.90. The molecule has 0 aliphatic rings. The zero-order chi connectivity index (χ0) is 12.7. The Morgan fingerprint density at radius 2 is 1.94 bits per heavy atom. The van der Waals surface area contributed by atoms with Crippen LogP contribution in [0.2, 0.25) is 0 Å². The van der Waals surface area contributed by atoms with Crippen molar-refractivity contribution in [1.29, 1.82) is 5.26 Å². The molecule has 1 rings (SSSR count). The van der Waals surface area contributed by atoms with E-state index in [4.69, 9.17) is 15.7 Å². The maximum Gasteiger partial charge on any atom is 0.0716 e. The fourth-order valence-corrected chi connectivity index (χ4v) is 1.48. The Morgan fingerprint density at radius 1 is 1.29 bits per heavy atom. The molecular formula is C14H20N2O. The van der Waals surface area contributed by atoms with Crippen LogP contribution < -0.4 is 5.73 Å². The molecule has 17 heavy (non-hydrogen) atoms. The van der Waals surface area contributed by atoms with Gasteiger partial charge in [-0.2, -0.15) is 5.26 Å². The number of nitriles is 1. The van der Waals surface area contributed by atoms with Gasteiger partial charge in [0, 0.05) is 12.3 Å². The van der Waals surface area contributed by atoms with Crippen molar-refractivity contribution in [3.05, 3.63) is 29.8 Å². The van der Waals surface area contributed by atoms with Crippen LogP contribution >= 0.6 is 0 Å². The first-order valence-electron chi connectivity index (χ1n) is 5.87. The summed E-state index contributed by atoms with van der Waals surface area (Å²) in [6.07, 6.45) is 1.78. The summed E-state index contributed by atoms with van der Waals surface area (Å²) in [7, 11) is 0. The van der Waals surface area contributed by atoms with Crippen LogP contribution in [0.5, 0.6) is 0 Å². The second-order valence-corrected chi connectivity index (χ2v) is 4.89. The van der Waals surface area contributed by atoms with Crippen LogP contribution in [-0.4, -0.2) is 6.61 Å². The summed E-state index contributed by atoms with van der Waals surface area (Å²) in [5, 5.41) is 8.85. The molecule has 0 fully saturated rings. The van der Waals surface area contributed by atoms with Gasteiger partial charge in [0.25, 0.3) is 0 Å². The normalized spacial score (nSPS) is 11.1. The van der Waals surface area contributed by atoms with Crippen LogP contribution in [0.15, 0.2) is 24.3 Å². The molecule has 0 spiro atoms.